The van der Waals surface area contributed by atoms with E-state index in [9.17, 15) is 5.11 Å². The molecule has 0 spiro atoms. The van der Waals surface area contributed by atoms with E-state index >= 15 is 0 Å². The van der Waals surface area contributed by atoms with Gasteiger partial charge in [0.1, 0.15) is 11.5 Å². The Morgan fingerprint density at radius 2 is 1.04 bits per heavy atom. The van der Waals surface area contributed by atoms with E-state index in [0.717, 1.165) is 46.2 Å². The summed E-state index contributed by atoms with van der Waals surface area (Å²) in [5.41, 5.74) is 6.46. The Morgan fingerprint density at radius 1 is 0.565 bits per heavy atom. The van der Waals surface area contributed by atoms with Crippen LogP contribution in [0.4, 0.5) is 0 Å². The average Bonchev–Trinajstić information content (AvgIpc) is 3.12. The molecule has 5 nitrogen and oxygen atoms in total. The van der Waals surface area contributed by atoms with E-state index in [-0.39, 0.29) is 5.75 Å². The van der Waals surface area contributed by atoms with Gasteiger partial charge in [0, 0.05) is 17.2 Å². The minimum absolute atomic E-state index is 0.0647. The number of nitrogens with zero attached hydrogens (tertiary/aromatic N) is 3. The number of unbranched alkanes of at least 4 members (excludes halogenated alkanes) is 1. The van der Waals surface area contributed by atoms with Crippen LogP contribution in [0.2, 0.25) is 0 Å². The van der Waals surface area contributed by atoms with Crippen LogP contribution in [0.3, 0.4) is 0 Å². The topological polar surface area (TPSA) is 68.1 Å². The number of phenols is 1. The maximum atomic E-state index is 11.3. The fourth-order valence-corrected chi connectivity index (χ4v) is 5.73. The highest BCUT2D eigenvalue weighted by atomic mass is 16.5. The highest BCUT2D eigenvalue weighted by Crippen LogP contribution is 2.37. The molecular formula is C41H39N3O2. The standard InChI is InChI=1S/C41H39N3O2/c1-3-5-16-29(4-2)28-46-32-25-26-37(38(45)27-32)41-43-39(35-23-14-12-21-33(35)30-17-8-6-9-18-30)42-40(44-41)36-24-15-13-22-34(36)31-19-10-7-11-20-31/h6-15,17-27,29,45H,3-5,16,28H2,1-2H3. The first-order chi connectivity index (χ1) is 22.6. The molecule has 1 aromatic heterocycles. The predicted molar refractivity (Wildman–Crippen MR) is 187 cm³/mol. The van der Waals surface area contributed by atoms with Crippen molar-refractivity contribution in [3.05, 3.63) is 127 Å². The van der Waals surface area contributed by atoms with Crippen LogP contribution >= 0.6 is 0 Å². The summed E-state index contributed by atoms with van der Waals surface area (Å²) in [6, 6.07) is 42.1. The van der Waals surface area contributed by atoms with Crippen molar-refractivity contribution in [2.75, 3.05) is 6.61 Å². The summed E-state index contributed by atoms with van der Waals surface area (Å²) in [7, 11) is 0. The van der Waals surface area contributed by atoms with E-state index in [1.54, 1.807) is 6.07 Å². The largest absolute Gasteiger partial charge is 0.507 e. The fourth-order valence-electron chi connectivity index (χ4n) is 5.73. The van der Waals surface area contributed by atoms with E-state index in [2.05, 4.69) is 50.2 Å². The molecule has 5 aromatic carbocycles. The highest BCUT2D eigenvalue weighted by molar-refractivity contribution is 5.84. The molecule has 0 radical (unpaired) electrons. The number of aromatic hydroxyl groups is 1. The van der Waals surface area contributed by atoms with Gasteiger partial charge in [-0.15, -0.1) is 0 Å². The first kappa shape index (κ1) is 30.7. The Morgan fingerprint density at radius 3 is 1.52 bits per heavy atom. The average molecular weight is 606 g/mol. The molecule has 6 rings (SSSR count). The van der Waals surface area contributed by atoms with Crippen molar-refractivity contribution in [2.45, 2.75) is 39.5 Å². The van der Waals surface area contributed by atoms with Gasteiger partial charge in [0.25, 0.3) is 0 Å². The molecule has 0 aliphatic carbocycles. The van der Waals surface area contributed by atoms with Crippen LogP contribution in [0.25, 0.3) is 56.4 Å². The van der Waals surface area contributed by atoms with Crippen LogP contribution in [0.15, 0.2) is 127 Å². The maximum Gasteiger partial charge on any atom is 0.167 e. The molecule has 0 saturated carbocycles. The van der Waals surface area contributed by atoms with E-state index in [1.165, 1.54) is 12.8 Å². The van der Waals surface area contributed by atoms with Gasteiger partial charge in [-0.25, -0.2) is 15.0 Å². The molecule has 46 heavy (non-hydrogen) atoms. The molecular weight excluding hydrogens is 566 g/mol. The molecule has 0 aliphatic heterocycles. The molecule has 0 saturated heterocycles. The third-order valence-electron chi connectivity index (χ3n) is 8.38. The number of ether oxygens (including phenoxy) is 1. The summed E-state index contributed by atoms with van der Waals surface area (Å²) in [6.45, 7) is 5.04. The minimum atomic E-state index is 0.0647. The van der Waals surface area contributed by atoms with Crippen LogP contribution < -0.4 is 4.74 Å². The molecule has 1 N–H and O–H groups in total. The maximum absolute atomic E-state index is 11.3. The lowest BCUT2D eigenvalue weighted by Crippen LogP contribution is -2.11. The van der Waals surface area contributed by atoms with E-state index < -0.39 is 0 Å². The van der Waals surface area contributed by atoms with Crippen molar-refractivity contribution in [1.82, 2.24) is 15.0 Å². The van der Waals surface area contributed by atoms with Crippen molar-refractivity contribution in [3.8, 4) is 67.9 Å². The first-order valence-corrected chi connectivity index (χ1v) is 16.2. The predicted octanol–water partition coefficient (Wildman–Crippen LogP) is 10.5. The van der Waals surface area contributed by atoms with E-state index in [0.29, 0.717) is 41.3 Å². The molecule has 1 unspecified atom stereocenters. The zero-order chi connectivity index (χ0) is 31.7. The van der Waals surface area contributed by atoms with Gasteiger partial charge in [0.2, 0.25) is 0 Å². The second-order valence-electron chi connectivity index (χ2n) is 11.5. The Balaban J connectivity index is 1.46. The van der Waals surface area contributed by atoms with Gasteiger partial charge in [-0.05, 0) is 46.7 Å². The molecule has 0 amide bonds. The van der Waals surface area contributed by atoms with Crippen molar-refractivity contribution in [1.29, 1.82) is 0 Å². The zero-order valence-electron chi connectivity index (χ0n) is 26.4. The molecule has 6 aromatic rings. The summed E-state index contributed by atoms with van der Waals surface area (Å²) in [5.74, 6) is 2.64. The van der Waals surface area contributed by atoms with Gasteiger partial charge in [-0.3, -0.25) is 0 Å². The summed E-state index contributed by atoms with van der Waals surface area (Å²) < 4.78 is 6.13. The molecule has 0 fully saturated rings. The summed E-state index contributed by atoms with van der Waals surface area (Å²) in [4.78, 5) is 15.0. The Hall–Kier alpha value is -5.29. The van der Waals surface area contributed by atoms with Crippen LogP contribution in [0, 0.1) is 5.92 Å². The quantitative estimate of drug-likeness (QED) is 0.150. The Labute approximate surface area is 271 Å². The lowest BCUT2D eigenvalue weighted by molar-refractivity contribution is 0.232. The molecule has 1 heterocycles. The van der Waals surface area contributed by atoms with E-state index in [4.69, 9.17) is 19.7 Å². The molecule has 230 valence electrons. The van der Waals surface area contributed by atoms with Crippen molar-refractivity contribution < 1.29 is 9.84 Å². The first-order valence-electron chi connectivity index (χ1n) is 16.2. The zero-order valence-corrected chi connectivity index (χ0v) is 26.4. The van der Waals surface area contributed by atoms with Gasteiger partial charge < -0.3 is 9.84 Å². The van der Waals surface area contributed by atoms with Crippen LogP contribution in [0.1, 0.15) is 39.5 Å². The monoisotopic (exact) mass is 605 g/mol. The van der Waals surface area contributed by atoms with Crippen molar-refractivity contribution >= 4 is 0 Å². The lowest BCUT2D eigenvalue weighted by Gasteiger charge is -2.16. The highest BCUT2D eigenvalue weighted by Gasteiger charge is 2.19. The number of rotatable bonds is 12. The van der Waals surface area contributed by atoms with Crippen LogP contribution in [-0.4, -0.2) is 26.7 Å². The molecule has 1 atom stereocenters. The van der Waals surface area contributed by atoms with Gasteiger partial charge in [0.15, 0.2) is 17.5 Å². The van der Waals surface area contributed by atoms with Gasteiger partial charge in [0.05, 0.1) is 12.2 Å². The molecule has 0 bridgehead atoms. The van der Waals surface area contributed by atoms with Crippen molar-refractivity contribution in [2.24, 2.45) is 5.92 Å². The normalized spacial score (nSPS) is 11.7. The van der Waals surface area contributed by atoms with Crippen molar-refractivity contribution in [3.63, 3.8) is 0 Å². The second kappa shape index (κ2) is 14.7. The summed E-state index contributed by atoms with van der Waals surface area (Å²) >= 11 is 0. The fraction of sp³-hybridized carbons (Fsp3) is 0.195. The summed E-state index contributed by atoms with van der Waals surface area (Å²) in [5, 5.41) is 11.3. The third-order valence-corrected chi connectivity index (χ3v) is 8.38. The number of phenolic OH excluding ortho intramolecular Hbond substituents is 1. The summed E-state index contributed by atoms with van der Waals surface area (Å²) in [6.07, 6.45) is 4.57. The van der Waals surface area contributed by atoms with Gasteiger partial charge in [-0.1, -0.05) is 142 Å². The SMILES string of the molecule is CCCCC(CC)COc1ccc(-c2nc(-c3ccccc3-c3ccccc3)nc(-c3ccccc3-c3ccccc3)n2)c(O)c1. The third kappa shape index (κ3) is 7.00. The number of hydrogen-bond acceptors (Lipinski definition) is 5. The lowest BCUT2D eigenvalue weighted by atomic mass is 9.98. The molecule has 5 heteroatoms. The minimum Gasteiger partial charge on any atom is -0.507 e. The number of hydrogen-bond donors (Lipinski definition) is 1. The van der Waals surface area contributed by atoms with Gasteiger partial charge in [-0.2, -0.15) is 0 Å². The Bertz CT molecular complexity index is 1790. The Kier molecular flexibility index (Phi) is 9.79. The second-order valence-corrected chi connectivity index (χ2v) is 11.5. The van der Waals surface area contributed by atoms with Crippen LogP contribution in [0.5, 0.6) is 11.5 Å². The molecule has 0 aliphatic rings. The number of benzene rings is 5. The smallest absolute Gasteiger partial charge is 0.167 e. The number of aromatic nitrogens is 3. The van der Waals surface area contributed by atoms with Gasteiger partial charge >= 0.3 is 0 Å². The van der Waals surface area contributed by atoms with E-state index in [1.807, 2.05) is 84.9 Å². The van der Waals surface area contributed by atoms with Crippen LogP contribution in [-0.2, 0) is 0 Å².